The molecule has 0 saturated heterocycles. The standard InChI is InChI=1S/C12H16F2N6O4/c13-7-9(18-19-15)8(14)11(17-4-2-6-22)12(20(23)24)10(7)16-3-1-5-21/h16-17,21-22H,1-6H2. The van der Waals surface area contributed by atoms with Crippen molar-refractivity contribution in [3.05, 3.63) is 32.2 Å². The van der Waals surface area contributed by atoms with Crippen molar-refractivity contribution >= 4 is 22.7 Å². The van der Waals surface area contributed by atoms with Crippen molar-refractivity contribution in [2.75, 3.05) is 36.9 Å². The average molecular weight is 346 g/mol. The van der Waals surface area contributed by atoms with Crippen LogP contribution in [0.4, 0.5) is 31.5 Å². The summed E-state index contributed by atoms with van der Waals surface area (Å²) in [7, 11) is 0. The fourth-order valence-corrected chi connectivity index (χ4v) is 1.89. The van der Waals surface area contributed by atoms with Crippen LogP contribution in [0.2, 0.25) is 0 Å². The van der Waals surface area contributed by atoms with Crippen LogP contribution in [0.3, 0.4) is 0 Å². The van der Waals surface area contributed by atoms with Gasteiger partial charge in [-0.1, -0.05) is 5.11 Å². The van der Waals surface area contributed by atoms with Crippen molar-refractivity contribution in [2.24, 2.45) is 5.11 Å². The van der Waals surface area contributed by atoms with Crippen molar-refractivity contribution in [1.82, 2.24) is 0 Å². The molecular weight excluding hydrogens is 330 g/mol. The third kappa shape index (κ3) is 4.41. The first-order valence-electron chi connectivity index (χ1n) is 6.93. The van der Waals surface area contributed by atoms with Gasteiger partial charge in [0, 0.05) is 31.2 Å². The van der Waals surface area contributed by atoms with Gasteiger partial charge in [-0.05, 0) is 18.4 Å². The van der Waals surface area contributed by atoms with E-state index in [1.807, 2.05) is 0 Å². The van der Waals surface area contributed by atoms with Crippen LogP contribution in [-0.2, 0) is 0 Å². The summed E-state index contributed by atoms with van der Waals surface area (Å²) in [6.07, 6.45) is 0.330. The molecule has 1 aromatic carbocycles. The molecule has 10 nitrogen and oxygen atoms in total. The second-order valence-corrected chi connectivity index (χ2v) is 4.53. The van der Waals surface area contributed by atoms with Gasteiger partial charge in [-0.25, -0.2) is 8.78 Å². The molecule has 0 amide bonds. The number of aliphatic hydroxyl groups is 2. The van der Waals surface area contributed by atoms with Crippen LogP contribution in [-0.4, -0.2) is 41.4 Å². The largest absolute Gasteiger partial charge is 0.396 e. The molecular formula is C12H16F2N6O4. The number of nitro groups is 1. The number of halogens is 2. The number of azide groups is 1. The molecule has 0 aliphatic carbocycles. The molecule has 0 atom stereocenters. The first kappa shape index (κ1) is 19.4. The number of nitrogens with zero attached hydrogens (tertiary/aromatic N) is 4. The summed E-state index contributed by atoms with van der Waals surface area (Å²) in [5.74, 6) is -2.80. The molecule has 1 aromatic rings. The molecule has 0 fully saturated rings. The Bertz CT molecular complexity index is 614. The normalized spacial score (nSPS) is 10.2. The van der Waals surface area contributed by atoms with Gasteiger partial charge >= 0.3 is 5.69 Å². The van der Waals surface area contributed by atoms with E-state index in [1.54, 1.807) is 0 Å². The predicted molar refractivity (Wildman–Crippen MR) is 82.2 cm³/mol. The Morgan fingerprint density at radius 1 is 1.12 bits per heavy atom. The van der Waals surface area contributed by atoms with E-state index in [2.05, 4.69) is 20.7 Å². The van der Waals surface area contributed by atoms with Gasteiger partial charge < -0.3 is 20.8 Å². The third-order valence-corrected chi connectivity index (χ3v) is 2.93. The van der Waals surface area contributed by atoms with E-state index < -0.39 is 39.3 Å². The number of rotatable bonds is 10. The van der Waals surface area contributed by atoms with Crippen LogP contribution >= 0.6 is 0 Å². The van der Waals surface area contributed by atoms with Crippen LogP contribution in [0, 0.1) is 21.7 Å². The van der Waals surface area contributed by atoms with E-state index in [9.17, 15) is 18.9 Å². The molecule has 0 saturated carbocycles. The third-order valence-electron chi connectivity index (χ3n) is 2.93. The van der Waals surface area contributed by atoms with Gasteiger partial charge in [-0.2, -0.15) is 0 Å². The van der Waals surface area contributed by atoms with Gasteiger partial charge in [-0.15, -0.1) is 0 Å². The summed E-state index contributed by atoms with van der Waals surface area (Å²) in [4.78, 5) is 12.6. The Balaban J connectivity index is 3.51. The summed E-state index contributed by atoms with van der Waals surface area (Å²) in [6.45, 7) is -0.528. The number of nitrogens with one attached hydrogen (secondary N) is 2. The van der Waals surface area contributed by atoms with Crippen LogP contribution < -0.4 is 10.6 Å². The highest BCUT2D eigenvalue weighted by molar-refractivity contribution is 5.82. The van der Waals surface area contributed by atoms with Crippen molar-refractivity contribution < 1.29 is 23.9 Å². The second-order valence-electron chi connectivity index (χ2n) is 4.53. The topological polar surface area (TPSA) is 156 Å². The Morgan fingerprint density at radius 2 is 1.58 bits per heavy atom. The lowest BCUT2D eigenvalue weighted by Gasteiger charge is -2.15. The molecule has 0 heterocycles. The maximum Gasteiger partial charge on any atom is 0.321 e. The Kier molecular flexibility index (Phi) is 7.62. The molecule has 0 aliphatic heterocycles. The average Bonchev–Trinajstić information content (AvgIpc) is 2.55. The second kappa shape index (κ2) is 9.45. The van der Waals surface area contributed by atoms with E-state index in [0.717, 1.165) is 0 Å². The number of aliphatic hydroxyl groups excluding tert-OH is 2. The molecule has 0 aliphatic rings. The predicted octanol–water partition coefficient (Wildman–Crippen LogP) is 2.40. The Hall–Kier alpha value is -2.69. The lowest BCUT2D eigenvalue weighted by atomic mass is 10.1. The summed E-state index contributed by atoms with van der Waals surface area (Å²) >= 11 is 0. The van der Waals surface area contributed by atoms with Crippen molar-refractivity contribution in [2.45, 2.75) is 12.8 Å². The zero-order valence-corrected chi connectivity index (χ0v) is 12.5. The van der Waals surface area contributed by atoms with Gasteiger partial charge in [0.25, 0.3) is 0 Å². The monoisotopic (exact) mass is 346 g/mol. The van der Waals surface area contributed by atoms with E-state index in [-0.39, 0.29) is 39.1 Å². The molecule has 0 bridgehead atoms. The highest BCUT2D eigenvalue weighted by Crippen LogP contribution is 2.43. The maximum atomic E-state index is 14.3. The lowest BCUT2D eigenvalue weighted by molar-refractivity contribution is -0.383. The number of nitro benzene ring substituents is 1. The molecule has 1 rings (SSSR count). The number of anilines is 2. The quantitative estimate of drug-likeness (QED) is 0.127. The van der Waals surface area contributed by atoms with Crippen molar-refractivity contribution in [3.63, 3.8) is 0 Å². The minimum Gasteiger partial charge on any atom is -0.396 e. The molecule has 132 valence electrons. The molecule has 0 radical (unpaired) electrons. The van der Waals surface area contributed by atoms with Gasteiger partial charge in [0.05, 0.1) is 4.92 Å². The zero-order chi connectivity index (χ0) is 18.1. The first-order valence-corrected chi connectivity index (χ1v) is 6.93. The fourth-order valence-electron chi connectivity index (χ4n) is 1.89. The smallest absolute Gasteiger partial charge is 0.321 e. The SMILES string of the molecule is [N-]=[N+]=Nc1c(F)c(NCCCO)c([N+](=O)[O-])c(NCCCO)c1F. The molecule has 12 heteroatoms. The Morgan fingerprint density at radius 3 is 1.92 bits per heavy atom. The molecule has 0 unspecified atom stereocenters. The van der Waals surface area contributed by atoms with Crippen LogP contribution in [0.5, 0.6) is 0 Å². The minimum atomic E-state index is -1.40. The summed E-state index contributed by atoms with van der Waals surface area (Å²) in [6, 6.07) is 0. The van der Waals surface area contributed by atoms with Gasteiger partial charge in [-0.3, -0.25) is 10.1 Å². The van der Waals surface area contributed by atoms with Crippen LogP contribution in [0.25, 0.3) is 10.4 Å². The van der Waals surface area contributed by atoms with Gasteiger partial charge in [0.15, 0.2) is 23.0 Å². The van der Waals surface area contributed by atoms with Crippen molar-refractivity contribution in [3.8, 4) is 0 Å². The summed E-state index contributed by atoms with van der Waals surface area (Å²) in [5, 5.41) is 36.5. The zero-order valence-electron chi connectivity index (χ0n) is 12.5. The molecule has 24 heavy (non-hydrogen) atoms. The van der Waals surface area contributed by atoms with Gasteiger partial charge in [0.1, 0.15) is 5.69 Å². The Labute approximate surface area is 134 Å². The lowest BCUT2D eigenvalue weighted by Crippen LogP contribution is -2.13. The minimum absolute atomic E-state index is 0.0221. The van der Waals surface area contributed by atoms with Gasteiger partial charge in [0.2, 0.25) is 0 Å². The summed E-state index contributed by atoms with van der Waals surface area (Å²) < 4.78 is 28.7. The van der Waals surface area contributed by atoms with E-state index in [4.69, 9.17) is 15.7 Å². The van der Waals surface area contributed by atoms with E-state index in [1.165, 1.54) is 0 Å². The summed E-state index contributed by atoms with van der Waals surface area (Å²) in [5.41, 5.74) is 5.24. The molecule has 0 aromatic heterocycles. The number of hydrogen-bond donors (Lipinski definition) is 4. The first-order chi connectivity index (χ1) is 11.5. The molecule has 4 N–H and O–H groups in total. The van der Waals surface area contributed by atoms with E-state index in [0.29, 0.717) is 0 Å². The number of benzene rings is 1. The maximum absolute atomic E-state index is 14.3. The van der Waals surface area contributed by atoms with Crippen molar-refractivity contribution in [1.29, 1.82) is 0 Å². The number of hydrogen-bond acceptors (Lipinski definition) is 7. The van der Waals surface area contributed by atoms with E-state index >= 15 is 0 Å². The van der Waals surface area contributed by atoms with Crippen LogP contribution in [0.1, 0.15) is 12.8 Å². The fraction of sp³-hybridized carbons (Fsp3) is 0.500. The van der Waals surface area contributed by atoms with Crippen LogP contribution in [0.15, 0.2) is 5.11 Å². The molecule has 0 spiro atoms. The highest BCUT2D eigenvalue weighted by atomic mass is 19.1. The highest BCUT2D eigenvalue weighted by Gasteiger charge is 2.31.